The summed E-state index contributed by atoms with van der Waals surface area (Å²) < 4.78 is 5.12. The SMILES string of the molecule is CC(Cl)CCNC(=O)C1CCOC1. The molecule has 0 spiro atoms. The minimum absolute atomic E-state index is 0.0608. The van der Waals surface area contributed by atoms with Gasteiger partial charge in [-0.1, -0.05) is 0 Å². The van der Waals surface area contributed by atoms with Crippen LogP contribution < -0.4 is 5.32 Å². The number of amides is 1. The van der Waals surface area contributed by atoms with Gasteiger partial charge < -0.3 is 10.1 Å². The largest absolute Gasteiger partial charge is 0.381 e. The third kappa shape index (κ3) is 3.96. The van der Waals surface area contributed by atoms with Crippen molar-refractivity contribution in [1.29, 1.82) is 0 Å². The maximum absolute atomic E-state index is 11.4. The molecule has 2 unspecified atom stereocenters. The smallest absolute Gasteiger partial charge is 0.225 e. The van der Waals surface area contributed by atoms with Gasteiger partial charge in [0.05, 0.1) is 12.5 Å². The van der Waals surface area contributed by atoms with Gasteiger partial charge in [-0.25, -0.2) is 0 Å². The van der Waals surface area contributed by atoms with E-state index >= 15 is 0 Å². The van der Waals surface area contributed by atoms with Crippen molar-refractivity contribution in [3.63, 3.8) is 0 Å². The van der Waals surface area contributed by atoms with Crippen LogP contribution in [0.1, 0.15) is 19.8 Å². The van der Waals surface area contributed by atoms with Crippen molar-refractivity contribution < 1.29 is 9.53 Å². The molecule has 1 aliphatic heterocycles. The maximum Gasteiger partial charge on any atom is 0.225 e. The van der Waals surface area contributed by atoms with Gasteiger partial charge in [-0.3, -0.25) is 4.79 Å². The van der Waals surface area contributed by atoms with Crippen LogP contribution >= 0.6 is 11.6 Å². The molecule has 1 rings (SSSR count). The van der Waals surface area contributed by atoms with Crippen molar-refractivity contribution in [2.24, 2.45) is 5.92 Å². The fourth-order valence-electron chi connectivity index (χ4n) is 1.28. The average molecular weight is 206 g/mol. The first-order chi connectivity index (χ1) is 6.20. The van der Waals surface area contributed by atoms with Gasteiger partial charge in [0.25, 0.3) is 0 Å². The minimum atomic E-state index is 0.0608. The van der Waals surface area contributed by atoms with Gasteiger partial charge in [0, 0.05) is 18.5 Å². The summed E-state index contributed by atoms with van der Waals surface area (Å²) in [5, 5.41) is 2.98. The van der Waals surface area contributed by atoms with Crippen molar-refractivity contribution >= 4 is 17.5 Å². The Bertz CT molecular complexity index is 167. The van der Waals surface area contributed by atoms with E-state index < -0.39 is 0 Å². The molecule has 76 valence electrons. The second-order valence-electron chi connectivity index (χ2n) is 3.42. The number of rotatable bonds is 4. The third-order valence-corrected chi connectivity index (χ3v) is 2.36. The summed E-state index contributed by atoms with van der Waals surface area (Å²) in [6.45, 7) is 3.87. The lowest BCUT2D eigenvalue weighted by molar-refractivity contribution is -0.124. The van der Waals surface area contributed by atoms with Crippen LogP contribution in [0.25, 0.3) is 0 Å². The fraction of sp³-hybridized carbons (Fsp3) is 0.889. The van der Waals surface area contributed by atoms with E-state index in [9.17, 15) is 4.79 Å². The molecule has 1 amide bonds. The monoisotopic (exact) mass is 205 g/mol. The van der Waals surface area contributed by atoms with Gasteiger partial charge in [0.2, 0.25) is 5.91 Å². The normalized spacial score (nSPS) is 24.3. The Balaban J connectivity index is 2.10. The molecule has 2 atom stereocenters. The Kier molecular flexibility index (Phi) is 4.53. The van der Waals surface area contributed by atoms with Crippen LogP contribution in [0.2, 0.25) is 0 Å². The van der Waals surface area contributed by atoms with Crippen molar-refractivity contribution in [2.75, 3.05) is 19.8 Å². The molecule has 13 heavy (non-hydrogen) atoms. The van der Waals surface area contributed by atoms with E-state index in [0.29, 0.717) is 19.8 Å². The molecule has 4 heteroatoms. The number of ether oxygens (including phenoxy) is 1. The lowest BCUT2D eigenvalue weighted by atomic mass is 10.1. The van der Waals surface area contributed by atoms with Crippen LogP contribution in [-0.4, -0.2) is 31.0 Å². The minimum Gasteiger partial charge on any atom is -0.381 e. The average Bonchev–Trinajstić information content (AvgIpc) is 2.55. The van der Waals surface area contributed by atoms with Gasteiger partial charge in [-0.2, -0.15) is 0 Å². The molecule has 1 saturated heterocycles. The van der Waals surface area contributed by atoms with E-state index in [0.717, 1.165) is 12.8 Å². The maximum atomic E-state index is 11.4. The number of carbonyl (C=O) groups excluding carboxylic acids is 1. The quantitative estimate of drug-likeness (QED) is 0.700. The predicted molar refractivity (Wildman–Crippen MR) is 51.9 cm³/mol. The molecule has 0 aromatic rings. The van der Waals surface area contributed by atoms with E-state index in [1.165, 1.54) is 0 Å². The first-order valence-electron chi connectivity index (χ1n) is 4.69. The highest BCUT2D eigenvalue weighted by Crippen LogP contribution is 2.11. The lowest BCUT2D eigenvalue weighted by Gasteiger charge is -2.09. The summed E-state index contributed by atoms with van der Waals surface area (Å²) >= 11 is 5.74. The van der Waals surface area contributed by atoms with Gasteiger partial charge in [-0.05, 0) is 19.8 Å². The highest BCUT2D eigenvalue weighted by molar-refractivity contribution is 6.20. The van der Waals surface area contributed by atoms with E-state index in [2.05, 4.69) is 5.32 Å². The first-order valence-corrected chi connectivity index (χ1v) is 5.13. The standard InChI is InChI=1S/C9H16ClNO2/c1-7(10)2-4-11-9(12)8-3-5-13-6-8/h7-8H,2-6H2,1H3,(H,11,12). The van der Waals surface area contributed by atoms with Crippen molar-refractivity contribution in [1.82, 2.24) is 5.32 Å². The second-order valence-corrected chi connectivity index (χ2v) is 4.17. The van der Waals surface area contributed by atoms with Gasteiger partial charge >= 0.3 is 0 Å². The molecular formula is C9H16ClNO2. The van der Waals surface area contributed by atoms with Crippen molar-refractivity contribution in [3.05, 3.63) is 0 Å². The number of halogens is 1. The molecule has 3 nitrogen and oxygen atoms in total. The molecule has 0 aromatic heterocycles. The van der Waals surface area contributed by atoms with Crippen LogP contribution in [0.4, 0.5) is 0 Å². The molecule has 1 N–H and O–H groups in total. The summed E-state index contributed by atoms with van der Waals surface area (Å²) in [6.07, 6.45) is 1.67. The Morgan fingerprint density at radius 3 is 3.08 bits per heavy atom. The summed E-state index contributed by atoms with van der Waals surface area (Å²) in [5.41, 5.74) is 0. The molecule has 1 aliphatic rings. The number of hydrogen-bond donors (Lipinski definition) is 1. The predicted octanol–water partition coefficient (Wildman–Crippen LogP) is 1.16. The molecule has 1 fully saturated rings. The summed E-state index contributed by atoms with van der Waals surface area (Å²) in [4.78, 5) is 11.4. The van der Waals surface area contributed by atoms with Crippen molar-refractivity contribution in [2.45, 2.75) is 25.1 Å². The zero-order valence-electron chi connectivity index (χ0n) is 7.88. The van der Waals surface area contributed by atoms with Crippen LogP contribution in [0.3, 0.4) is 0 Å². The molecule has 0 aromatic carbocycles. The lowest BCUT2D eigenvalue weighted by Crippen LogP contribution is -2.32. The highest BCUT2D eigenvalue weighted by Gasteiger charge is 2.22. The summed E-state index contributed by atoms with van der Waals surface area (Å²) in [6, 6.07) is 0. The zero-order valence-corrected chi connectivity index (χ0v) is 8.64. The molecule has 1 heterocycles. The van der Waals surface area contributed by atoms with Crippen LogP contribution in [-0.2, 0) is 9.53 Å². The van der Waals surface area contributed by atoms with Gasteiger partial charge in [-0.15, -0.1) is 11.6 Å². The zero-order chi connectivity index (χ0) is 9.68. The van der Waals surface area contributed by atoms with Crippen LogP contribution in [0, 0.1) is 5.92 Å². The Hall–Kier alpha value is -0.280. The summed E-state index contributed by atoms with van der Waals surface area (Å²) in [7, 11) is 0. The molecule has 0 saturated carbocycles. The number of alkyl halides is 1. The Morgan fingerprint density at radius 2 is 2.54 bits per heavy atom. The van der Waals surface area contributed by atoms with Gasteiger partial charge in [0.1, 0.15) is 0 Å². The highest BCUT2D eigenvalue weighted by atomic mass is 35.5. The topological polar surface area (TPSA) is 38.3 Å². The fourth-order valence-corrected chi connectivity index (χ4v) is 1.39. The van der Waals surface area contributed by atoms with E-state index in [-0.39, 0.29) is 17.2 Å². The Morgan fingerprint density at radius 1 is 1.77 bits per heavy atom. The van der Waals surface area contributed by atoms with E-state index in [4.69, 9.17) is 16.3 Å². The van der Waals surface area contributed by atoms with Gasteiger partial charge in [0.15, 0.2) is 0 Å². The van der Waals surface area contributed by atoms with Crippen LogP contribution in [0.5, 0.6) is 0 Å². The molecule has 0 bridgehead atoms. The molecule has 0 radical (unpaired) electrons. The van der Waals surface area contributed by atoms with Crippen molar-refractivity contribution in [3.8, 4) is 0 Å². The first kappa shape index (κ1) is 10.8. The molecule has 0 aliphatic carbocycles. The number of nitrogens with one attached hydrogen (secondary N) is 1. The molecular weight excluding hydrogens is 190 g/mol. The number of hydrogen-bond acceptors (Lipinski definition) is 2. The van der Waals surface area contributed by atoms with E-state index in [1.807, 2.05) is 6.92 Å². The third-order valence-electron chi connectivity index (χ3n) is 2.14. The van der Waals surface area contributed by atoms with Crippen LogP contribution in [0.15, 0.2) is 0 Å². The Labute approximate surface area is 83.8 Å². The van der Waals surface area contributed by atoms with E-state index in [1.54, 1.807) is 0 Å². The summed E-state index contributed by atoms with van der Waals surface area (Å²) in [5.74, 6) is 0.167. The number of carbonyl (C=O) groups is 1. The second kappa shape index (κ2) is 5.45.